The summed E-state index contributed by atoms with van der Waals surface area (Å²) in [4.78, 5) is 26.2. The third-order valence-electron chi connectivity index (χ3n) is 3.94. The topological polar surface area (TPSA) is 58.6 Å². The van der Waals surface area contributed by atoms with E-state index in [1.165, 1.54) is 0 Å². The molecular weight excluding hydrogens is 387 g/mol. The van der Waals surface area contributed by atoms with Crippen molar-refractivity contribution in [2.75, 3.05) is 29.9 Å². The standard InChI is InChI=1S/C20H22Cl2N2O3/c1-3-24(15-8-5-7-14(13-15)20(26)27-4-2)12-11-18(25)23-19-16(21)9-6-10-17(19)22/h5-10,13H,3-4,11-12H2,1-2H3,(H,23,25). The molecule has 0 aliphatic carbocycles. The van der Waals surface area contributed by atoms with Crippen molar-refractivity contribution in [1.29, 1.82) is 0 Å². The minimum atomic E-state index is -0.360. The maximum absolute atomic E-state index is 12.3. The number of carbonyl (C=O) groups is 2. The van der Waals surface area contributed by atoms with Gasteiger partial charge in [0.2, 0.25) is 5.91 Å². The second-order valence-corrected chi connectivity index (χ2v) is 6.56. The van der Waals surface area contributed by atoms with Crippen LogP contribution in [0.4, 0.5) is 11.4 Å². The summed E-state index contributed by atoms with van der Waals surface area (Å²) in [6.07, 6.45) is 0.249. The Labute approximate surface area is 169 Å². The van der Waals surface area contributed by atoms with Crippen LogP contribution in [0.25, 0.3) is 0 Å². The Hall–Kier alpha value is -2.24. The highest BCUT2D eigenvalue weighted by molar-refractivity contribution is 6.39. The number of nitrogens with one attached hydrogen (secondary N) is 1. The van der Waals surface area contributed by atoms with Crippen molar-refractivity contribution < 1.29 is 14.3 Å². The average molecular weight is 409 g/mol. The lowest BCUT2D eigenvalue weighted by Gasteiger charge is -2.23. The number of rotatable bonds is 8. The Morgan fingerprint density at radius 3 is 2.37 bits per heavy atom. The van der Waals surface area contributed by atoms with E-state index in [0.29, 0.717) is 41.0 Å². The predicted octanol–water partition coefficient (Wildman–Crippen LogP) is 5.03. The number of ether oxygens (including phenoxy) is 1. The first-order valence-electron chi connectivity index (χ1n) is 8.72. The number of amides is 1. The number of halogens is 2. The molecular formula is C20H22Cl2N2O3. The molecule has 5 nitrogen and oxygen atoms in total. The monoisotopic (exact) mass is 408 g/mol. The van der Waals surface area contributed by atoms with Crippen molar-refractivity contribution in [1.82, 2.24) is 0 Å². The van der Waals surface area contributed by atoms with Crippen molar-refractivity contribution in [3.63, 3.8) is 0 Å². The molecule has 2 aromatic carbocycles. The van der Waals surface area contributed by atoms with Crippen LogP contribution in [0.3, 0.4) is 0 Å². The third-order valence-corrected chi connectivity index (χ3v) is 4.57. The number of hydrogen-bond acceptors (Lipinski definition) is 4. The summed E-state index contributed by atoms with van der Waals surface area (Å²) < 4.78 is 5.04. The zero-order chi connectivity index (χ0) is 19.8. The van der Waals surface area contributed by atoms with Gasteiger partial charge in [-0.2, -0.15) is 0 Å². The normalized spacial score (nSPS) is 10.4. The fraction of sp³-hybridized carbons (Fsp3) is 0.300. The van der Waals surface area contributed by atoms with E-state index in [2.05, 4.69) is 5.32 Å². The van der Waals surface area contributed by atoms with E-state index in [4.69, 9.17) is 27.9 Å². The van der Waals surface area contributed by atoms with Crippen LogP contribution in [0.5, 0.6) is 0 Å². The van der Waals surface area contributed by atoms with Crippen LogP contribution in [0.2, 0.25) is 10.0 Å². The summed E-state index contributed by atoms with van der Waals surface area (Å²) in [6, 6.07) is 12.2. The Balaban J connectivity index is 2.02. The minimum Gasteiger partial charge on any atom is -0.462 e. The molecule has 0 fully saturated rings. The molecule has 0 saturated heterocycles. The van der Waals surface area contributed by atoms with E-state index in [0.717, 1.165) is 5.69 Å². The van der Waals surface area contributed by atoms with Crippen molar-refractivity contribution in [2.24, 2.45) is 0 Å². The lowest BCUT2D eigenvalue weighted by atomic mass is 10.2. The lowest BCUT2D eigenvalue weighted by molar-refractivity contribution is -0.116. The van der Waals surface area contributed by atoms with E-state index >= 15 is 0 Å². The Bertz CT molecular complexity index is 791. The number of esters is 1. The molecule has 0 radical (unpaired) electrons. The van der Waals surface area contributed by atoms with Gasteiger partial charge < -0.3 is 15.0 Å². The van der Waals surface area contributed by atoms with Crippen molar-refractivity contribution in [3.8, 4) is 0 Å². The highest BCUT2D eigenvalue weighted by Crippen LogP contribution is 2.29. The van der Waals surface area contributed by atoms with Gasteiger partial charge in [0.15, 0.2) is 0 Å². The third kappa shape index (κ3) is 5.88. The van der Waals surface area contributed by atoms with E-state index in [1.807, 2.05) is 17.9 Å². The molecule has 2 aromatic rings. The highest BCUT2D eigenvalue weighted by atomic mass is 35.5. The molecule has 0 bridgehead atoms. The summed E-state index contributed by atoms with van der Waals surface area (Å²) in [5.41, 5.74) is 1.75. The van der Waals surface area contributed by atoms with Crippen LogP contribution in [0.1, 0.15) is 30.6 Å². The van der Waals surface area contributed by atoms with Gasteiger partial charge in [0.25, 0.3) is 0 Å². The first-order chi connectivity index (χ1) is 13.0. The van der Waals surface area contributed by atoms with Gasteiger partial charge in [0, 0.05) is 25.2 Å². The van der Waals surface area contributed by atoms with E-state index in [-0.39, 0.29) is 18.3 Å². The van der Waals surface area contributed by atoms with Crippen LogP contribution >= 0.6 is 23.2 Å². The van der Waals surface area contributed by atoms with Gasteiger partial charge in [-0.15, -0.1) is 0 Å². The molecule has 27 heavy (non-hydrogen) atoms. The summed E-state index contributed by atoms with van der Waals surface area (Å²) in [5, 5.41) is 3.54. The molecule has 0 aliphatic heterocycles. The number of anilines is 2. The first-order valence-corrected chi connectivity index (χ1v) is 9.47. The average Bonchev–Trinajstić information content (AvgIpc) is 2.66. The summed E-state index contributed by atoms with van der Waals surface area (Å²) in [7, 11) is 0. The number of carbonyl (C=O) groups excluding carboxylic acids is 2. The van der Waals surface area contributed by atoms with Gasteiger partial charge in [0.05, 0.1) is 27.9 Å². The van der Waals surface area contributed by atoms with E-state index in [9.17, 15) is 9.59 Å². The van der Waals surface area contributed by atoms with Gasteiger partial charge in [-0.25, -0.2) is 4.79 Å². The molecule has 0 saturated carbocycles. The highest BCUT2D eigenvalue weighted by Gasteiger charge is 2.13. The second-order valence-electron chi connectivity index (χ2n) is 5.75. The molecule has 144 valence electrons. The Morgan fingerprint density at radius 1 is 1.07 bits per heavy atom. The van der Waals surface area contributed by atoms with Crippen molar-refractivity contribution in [2.45, 2.75) is 20.3 Å². The molecule has 0 unspecified atom stereocenters. The maximum atomic E-state index is 12.3. The van der Waals surface area contributed by atoms with Crippen LogP contribution < -0.4 is 10.2 Å². The van der Waals surface area contributed by atoms with Crippen molar-refractivity contribution >= 4 is 46.5 Å². The van der Waals surface area contributed by atoms with Gasteiger partial charge in [-0.3, -0.25) is 4.79 Å². The van der Waals surface area contributed by atoms with Crippen molar-refractivity contribution in [3.05, 3.63) is 58.1 Å². The number of benzene rings is 2. The first kappa shape index (κ1) is 21.1. The molecule has 1 amide bonds. The largest absolute Gasteiger partial charge is 0.462 e. The van der Waals surface area contributed by atoms with Crippen LogP contribution in [0, 0.1) is 0 Å². The number of hydrogen-bond donors (Lipinski definition) is 1. The summed E-state index contributed by atoms with van der Waals surface area (Å²) >= 11 is 12.2. The molecule has 0 aliphatic rings. The molecule has 0 spiro atoms. The summed E-state index contributed by atoms with van der Waals surface area (Å²) in [6.45, 7) is 5.25. The SMILES string of the molecule is CCOC(=O)c1cccc(N(CC)CCC(=O)Nc2c(Cl)cccc2Cl)c1. The predicted molar refractivity (Wildman–Crippen MR) is 110 cm³/mol. The minimum absolute atomic E-state index is 0.190. The Morgan fingerprint density at radius 2 is 1.74 bits per heavy atom. The molecule has 7 heteroatoms. The van der Waals surface area contributed by atoms with E-state index in [1.54, 1.807) is 43.3 Å². The number of nitrogens with zero attached hydrogens (tertiary/aromatic N) is 1. The van der Waals surface area contributed by atoms with Crippen LogP contribution in [0.15, 0.2) is 42.5 Å². The van der Waals surface area contributed by atoms with Gasteiger partial charge >= 0.3 is 5.97 Å². The molecule has 0 heterocycles. The molecule has 2 rings (SSSR count). The van der Waals surface area contributed by atoms with Crippen LogP contribution in [-0.4, -0.2) is 31.6 Å². The van der Waals surface area contributed by atoms with Gasteiger partial charge in [-0.05, 0) is 44.2 Å². The molecule has 0 atom stereocenters. The maximum Gasteiger partial charge on any atom is 0.338 e. The lowest BCUT2D eigenvalue weighted by Crippen LogP contribution is -2.27. The zero-order valence-electron chi connectivity index (χ0n) is 15.3. The fourth-order valence-corrected chi connectivity index (χ4v) is 3.06. The number of para-hydroxylation sites is 1. The Kier molecular flexibility index (Phi) is 7.95. The fourth-order valence-electron chi connectivity index (χ4n) is 2.57. The second kappa shape index (κ2) is 10.2. The molecule has 1 N–H and O–H groups in total. The quantitative estimate of drug-likeness (QED) is 0.622. The van der Waals surface area contributed by atoms with Gasteiger partial charge in [-0.1, -0.05) is 35.3 Å². The molecule has 0 aromatic heterocycles. The summed E-state index contributed by atoms with van der Waals surface area (Å²) in [5.74, 6) is -0.550. The smallest absolute Gasteiger partial charge is 0.338 e. The van der Waals surface area contributed by atoms with Gasteiger partial charge in [0.1, 0.15) is 0 Å². The zero-order valence-corrected chi connectivity index (χ0v) is 16.8. The van der Waals surface area contributed by atoms with E-state index < -0.39 is 0 Å². The van der Waals surface area contributed by atoms with Crippen LogP contribution in [-0.2, 0) is 9.53 Å².